The van der Waals surface area contributed by atoms with Crippen molar-refractivity contribution in [3.63, 3.8) is 0 Å². The number of nitrogens with zero attached hydrogens (tertiary/aromatic N) is 3. The average Bonchev–Trinajstić information content (AvgIpc) is 3.33. The third kappa shape index (κ3) is 4.50. The molecule has 2 aromatic rings. The number of carbonyl (C=O) groups excluding carboxylic acids is 1. The Morgan fingerprint density at radius 1 is 1.20 bits per heavy atom. The molecule has 0 saturated carbocycles. The molecule has 1 aliphatic heterocycles. The third-order valence-electron chi connectivity index (χ3n) is 6.06. The van der Waals surface area contributed by atoms with Crippen LogP contribution in [-0.4, -0.2) is 49.7 Å². The highest BCUT2D eigenvalue weighted by molar-refractivity contribution is 5.79. The monoisotopic (exact) mass is 410 g/mol. The number of anilines is 1. The third-order valence-corrected chi connectivity index (χ3v) is 6.06. The number of carbonyl (C=O) groups is 1. The molecule has 1 aromatic heterocycles. The summed E-state index contributed by atoms with van der Waals surface area (Å²) < 4.78 is 10.6. The summed E-state index contributed by atoms with van der Waals surface area (Å²) >= 11 is 0. The Morgan fingerprint density at radius 3 is 2.77 bits per heavy atom. The second-order valence-corrected chi connectivity index (χ2v) is 8.01. The Bertz CT molecular complexity index is 896. The van der Waals surface area contributed by atoms with Gasteiger partial charge in [-0.25, -0.2) is 9.97 Å². The first kappa shape index (κ1) is 20.4. The van der Waals surface area contributed by atoms with E-state index in [0.717, 1.165) is 61.5 Å². The van der Waals surface area contributed by atoms with Gasteiger partial charge < -0.3 is 19.7 Å². The Kier molecular flexibility index (Phi) is 6.35. The first-order valence-electron chi connectivity index (χ1n) is 10.8. The van der Waals surface area contributed by atoms with Gasteiger partial charge in [-0.05, 0) is 61.8 Å². The lowest BCUT2D eigenvalue weighted by Gasteiger charge is -2.24. The minimum Gasteiger partial charge on any atom is -0.493 e. The summed E-state index contributed by atoms with van der Waals surface area (Å²) in [6.07, 6.45) is 7.50. The lowest BCUT2D eigenvalue weighted by molar-refractivity contribution is -0.125. The highest BCUT2D eigenvalue weighted by Gasteiger charge is 2.27. The largest absolute Gasteiger partial charge is 0.493 e. The van der Waals surface area contributed by atoms with Gasteiger partial charge in [0, 0.05) is 37.4 Å². The van der Waals surface area contributed by atoms with E-state index in [1.54, 1.807) is 14.2 Å². The van der Waals surface area contributed by atoms with E-state index in [4.69, 9.17) is 14.5 Å². The number of nitrogens with one attached hydrogen (secondary N) is 1. The summed E-state index contributed by atoms with van der Waals surface area (Å²) in [6.45, 7) is 2.69. The average molecular weight is 411 g/mol. The Morgan fingerprint density at radius 2 is 2.00 bits per heavy atom. The summed E-state index contributed by atoms with van der Waals surface area (Å²) in [5, 5.41) is 3.09. The van der Waals surface area contributed by atoms with Crippen LogP contribution in [0.15, 0.2) is 24.4 Å². The molecule has 0 unspecified atom stereocenters. The first-order chi connectivity index (χ1) is 14.7. The summed E-state index contributed by atoms with van der Waals surface area (Å²) in [5.74, 6) is 2.37. The van der Waals surface area contributed by atoms with Gasteiger partial charge in [0.15, 0.2) is 11.5 Å². The molecule has 7 heteroatoms. The molecule has 2 heterocycles. The summed E-state index contributed by atoms with van der Waals surface area (Å²) in [4.78, 5) is 24.3. The zero-order valence-corrected chi connectivity index (χ0v) is 17.8. The highest BCUT2D eigenvalue weighted by atomic mass is 16.5. The fourth-order valence-electron chi connectivity index (χ4n) is 4.30. The molecular formula is C23H30N4O3. The van der Waals surface area contributed by atoms with E-state index in [9.17, 15) is 4.79 Å². The maximum absolute atomic E-state index is 12.7. The van der Waals surface area contributed by atoms with E-state index in [2.05, 4.69) is 15.2 Å². The van der Waals surface area contributed by atoms with Crippen molar-refractivity contribution in [3.05, 3.63) is 41.2 Å². The van der Waals surface area contributed by atoms with Crippen molar-refractivity contribution >= 4 is 11.9 Å². The molecule has 1 amide bonds. The molecular weight excluding hydrogens is 380 g/mol. The number of ether oxygens (including phenoxy) is 2. The van der Waals surface area contributed by atoms with Crippen molar-refractivity contribution in [1.82, 2.24) is 15.3 Å². The van der Waals surface area contributed by atoms with Crippen LogP contribution in [0.2, 0.25) is 0 Å². The van der Waals surface area contributed by atoms with E-state index in [1.165, 1.54) is 12.8 Å². The molecule has 0 spiro atoms. The van der Waals surface area contributed by atoms with Crippen molar-refractivity contribution in [3.8, 4) is 11.5 Å². The van der Waals surface area contributed by atoms with Crippen LogP contribution in [0.5, 0.6) is 11.5 Å². The van der Waals surface area contributed by atoms with Crippen molar-refractivity contribution in [2.24, 2.45) is 5.92 Å². The molecule has 7 nitrogen and oxygen atoms in total. The molecule has 160 valence electrons. The Balaban J connectivity index is 1.30. The van der Waals surface area contributed by atoms with Gasteiger partial charge >= 0.3 is 0 Å². The molecule has 30 heavy (non-hydrogen) atoms. The number of hydrogen-bond acceptors (Lipinski definition) is 6. The first-order valence-corrected chi connectivity index (χ1v) is 10.8. The van der Waals surface area contributed by atoms with Gasteiger partial charge in [0.1, 0.15) is 0 Å². The Labute approximate surface area is 177 Å². The summed E-state index contributed by atoms with van der Waals surface area (Å²) in [6, 6.07) is 5.85. The normalized spacial score (nSPS) is 18.1. The molecule has 2 aliphatic rings. The zero-order chi connectivity index (χ0) is 20.9. The number of fused-ring (bicyclic) bond motifs is 1. The highest BCUT2D eigenvalue weighted by Crippen LogP contribution is 2.28. The number of amides is 1. The standard InChI is InChI=1S/C23H30N4O3/c1-29-20-8-5-16(13-21(20)30-2)9-10-24-22(28)17-6-7-19-18(14-17)15-25-23(26-19)27-11-3-4-12-27/h5,8,13,15,17H,3-4,6-7,9-12,14H2,1-2H3,(H,24,28)/t17-/m1/s1. The number of rotatable bonds is 7. The van der Waals surface area contributed by atoms with Gasteiger partial charge in [0.05, 0.1) is 14.2 Å². The molecule has 0 bridgehead atoms. The second kappa shape index (κ2) is 9.32. The van der Waals surface area contributed by atoms with Crippen LogP contribution in [0.1, 0.15) is 36.1 Å². The fraction of sp³-hybridized carbons (Fsp3) is 0.522. The van der Waals surface area contributed by atoms with Crippen LogP contribution < -0.4 is 19.7 Å². The maximum Gasteiger partial charge on any atom is 0.225 e. The zero-order valence-electron chi connectivity index (χ0n) is 17.8. The van der Waals surface area contributed by atoms with Crippen LogP contribution in [0.4, 0.5) is 5.95 Å². The van der Waals surface area contributed by atoms with Crippen LogP contribution >= 0.6 is 0 Å². The van der Waals surface area contributed by atoms with Gasteiger partial charge in [-0.2, -0.15) is 0 Å². The SMILES string of the molecule is COc1ccc(CCNC(=O)[C@@H]2CCc3nc(N4CCCC4)ncc3C2)cc1OC. The van der Waals surface area contributed by atoms with E-state index < -0.39 is 0 Å². The predicted molar refractivity (Wildman–Crippen MR) is 115 cm³/mol. The Hall–Kier alpha value is -2.83. The predicted octanol–water partition coefficient (Wildman–Crippen LogP) is 2.56. The molecule has 1 aliphatic carbocycles. The van der Waals surface area contributed by atoms with Crippen LogP contribution in [0.3, 0.4) is 0 Å². The van der Waals surface area contributed by atoms with Crippen molar-refractivity contribution in [2.75, 3.05) is 38.8 Å². The van der Waals surface area contributed by atoms with Gasteiger partial charge in [0.25, 0.3) is 0 Å². The smallest absolute Gasteiger partial charge is 0.225 e. The van der Waals surface area contributed by atoms with E-state index in [1.807, 2.05) is 24.4 Å². The molecule has 1 N–H and O–H groups in total. The van der Waals surface area contributed by atoms with Gasteiger partial charge in [-0.1, -0.05) is 6.07 Å². The fourth-order valence-corrected chi connectivity index (χ4v) is 4.30. The number of aryl methyl sites for hydroxylation is 1. The second-order valence-electron chi connectivity index (χ2n) is 8.01. The molecule has 1 aromatic carbocycles. The lowest BCUT2D eigenvalue weighted by Crippen LogP contribution is -2.35. The van der Waals surface area contributed by atoms with Crippen molar-refractivity contribution in [2.45, 2.75) is 38.5 Å². The van der Waals surface area contributed by atoms with Crippen LogP contribution in [0.25, 0.3) is 0 Å². The molecule has 1 atom stereocenters. The molecule has 0 radical (unpaired) electrons. The summed E-state index contributed by atoms with van der Waals surface area (Å²) in [5.41, 5.74) is 3.33. The van der Waals surface area contributed by atoms with E-state index in [-0.39, 0.29) is 11.8 Å². The van der Waals surface area contributed by atoms with Crippen molar-refractivity contribution in [1.29, 1.82) is 0 Å². The van der Waals surface area contributed by atoms with Gasteiger partial charge in [-0.3, -0.25) is 4.79 Å². The van der Waals surface area contributed by atoms with Crippen LogP contribution in [0, 0.1) is 5.92 Å². The maximum atomic E-state index is 12.7. The molecule has 4 rings (SSSR count). The number of hydrogen-bond donors (Lipinski definition) is 1. The summed E-state index contributed by atoms with van der Waals surface area (Å²) in [7, 11) is 3.25. The van der Waals surface area contributed by atoms with E-state index in [0.29, 0.717) is 18.0 Å². The van der Waals surface area contributed by atoms with Crippen LogP contribution in [-0.2, 0) is 24.1 Å². The number of benzene rings is 1. The molecule has 1 fully saturated rings. The minimum absolute atomic E-state index is 0.0101. The lowest BCUT2D eigenvalue weighted by atomic mass is 9.86. The number of methoxy groups -OCH3 is 2. The topological polar surface area (TPSA) is 76.6 Å². The molecule has 1 saturated heterocycles. The van der Waals surface area contributed by atoms with Gasteiger partial charge in [0.2, 0.25) is 11.9 Å². The quantitative estimate of drug-likeness (QED) is 0.756. The van der Waals surface area contributed by atoms with Gasteiger partial charge in [-0.15, -0.1) is 0 Å². The van der Waals surface area contributed by atoms with E-state index >= 15 is 0 Å². The minimum atomic E-state index is -0.0101. The van der Waals surface area contributed by atoms with Crippen molar-refractivity contribution < 1.29 is 14.3 Å². The number of aromatic nitrogens is 2.